The fourth-order valence-electron chi connectivity index (χ4n) is 2.36. The van der Waals surface area contributed by atoms with E-state index in [1.54, 1.807) is 12.3 Å². The van der Waals surface area contributed by atoms with Gasteiger partial charge in [0.1, 0.15) is 18.0 Å². The molecule has 0 aliphatic rings. The number of fused-ring (bicyclic) bond motifs is 1. The first-order chi connectivity index (χ1) is 11.1. The number of methoxy groups -OCH3 is 2. The van der Waals surface area contributed by atoms with Crippen LogP contribution in [0.2, 0.25) is 0 Å². The number of hydrogen-bond acceptors (Lipinski definition) is 6. The topological polar surface area (TPSA) is 85.0 Å². The summed E-state index contributed by atoms with van der Waals surface area (Å²) in [5, 5.41) is 10.6. The number of ether oxygens (including phenoxy) is 2. The minimum absolute atomic E-state index is 0.345. The van der Waals surface area contributed by atoms with Crippen molar-refractivity contribution in [2.24, 2.45) is 0 Å². The molecule has 0 saturated carbocycles. The number of aromatic nitrogens is 4. The standard InChI is InChI=1S/C15H16FN5O2/c1-8(9-4-12(22-2)13(23-3)5-11(9)16)20-14-10-6-19-21-15(10)18-7-17-14/h4-8H,1-3H3,(H2,17,18,19,20,21). The summed E-state index contributed by atoms with van der Waals surface area (Å²) in [4.78, 5) is 8.26. The number of nitrogens with zero attached hydrogens (tertiary/aromatic N) is 3. The maximum Gasteiger partial charge on any atom is 0.163 e. The number of halogens is 1. The third kappa shape index (κ3) is 2.75. The number of rotatable bonds is 5. The molecule has 23 heavy (non-hydrogen) atoms. The Morgan fingerprint density at radius 3 is 2.65 bits per heavy atom. The molecule has 3 aromatic rings. The molecule has 120 valence electrons. The highest BCUT2D eigenvalue weighted by molar-refractivity contribution is 5.85. The SMILES string of the molecule is COc1cc(F)c(C(C)Nc2ncnc3[nH]ncc23)cc1OC. The van der Waals surface area contributed by atoms with Crippen molar-refractivity contribution in [2.75, 3.05) is 19.5 Å². The van der Waals surface area contributed by atoms with Gasteiger partial charge in [-0.3, -0.25) is 5.10 Å². The second kappa shape index (κ2) is 6.07. The van der Waals surface area contributed by atoms with E-state index in [2.05, 4.69) is 25.5 Å². The van der Waals surface area contributed by atoms with Crippen LogP contribution in [-0.2, 0) is 0 Å². The molecule has 2 N–H and O–H groups in total. The predicted octanol–water partition coefficient (Wildman–Crippen LogP) is 2.68. The van der Waals surface area contributed by atoms with Crippen LogP contribution in [0.25, 0.3) is 11.0 Å². The molecule has 1 unspecified atom stereocenters. The zero-order chi connectivity index (χ0) is 16.4. The molecule has 7 nitrogen and oxygen atoms in total. The number of H-pyrrole nitrogens is 1. The van der Waals surface area contributed by atoms with Gasteiger partial charge in [0, 0.05) is 11.6 Å². The molecule has 2 heterocycles. The Balaban J connectivity index is 1.94. The zero-order valence-corrected chi connectivity index (χ0v) is 12.9. The summed E-state index contributed by atoms with van der Waals surface area (Å²) in [6, 6.07) is 2.57. The van der Waals surface area contributed by atoms with Crippen LogP contribution in [0.4, 0.5) is 10.2 Å². The van der Waals surface area contributed by atoms with Crippen LogP contribution in [0.3, 0.4) is 0 Å². The van der Waals surface area contributed by atoms with E-state index in [1.165, 1.54) is 26.6 Å². The van der Waals surface area contributed by atoms with E-state index in [0.29, 0.717) is 28.5 Å². The minimum Gasteiger partial charge on any atom is -0.493 e. The highest BCUT2D eigenvalue weighted by Gasteiger charge is 2.17. The Morgan fingerprint density at radius 1 is 1.17 bits per heavy atom. The summed E-state index contributed by atoms with van der Waals surface area (Å²) in [6.07, 6.45) is 3.04. The predicted molar refractivity (Wildman–Crippen MR) is 83.2 cm³/mol. The molecule has 0 radical (unpaired) electrons. The largest absolute Gasteiger partial charge is 0.493 e. The van der Waals surface area contributed by atoms with Crippen LogP contribution >= 0.6 is 0 Å². The second-order valence-corrected chi connectivity index (χ2v) is 4.95. The van der Waals surface area contributed by atoms with Gasteiger partial charge < -0.3 is 14.8 Å². The van der Waals surface area contributed by atoms with E-state index in [4.69, 9.17) is 9.47 Å². The number of nitrogens with one attached hydrogen (secondary N) is 2. The van der Waals surface area contributed by atoms with Gasteiger partial charge in [0.15, 0.2) is 17.1 Å². The van der Waals surface area contributed by atoms with Crippen molar-refractivity contribution in [1.29, 1.82) is 0 Å². The van der Waals surface area contributed by atoms with Crippen molar-refractivity contribution in [1.82, 2.24) is 20.2 Å². The average Bonchev–Trinajstić information content (AvgIpc) is 3.04. The van der Waals surface area contributed by atoms with Gasteiger partial charge in [-0.15, -0.1) is 0 Å². The van der Waals surface area contributed by atoms with E-state index < -0.39 is 0 Å². The molecular formula is C15H16FN5O2. The van der Waals surface area contributed by atoms with Gasteiger partial charge in [-0.1, -0.05) is 0 Å². The van der Waals surface area contributed by atoms with Crippen molar-refractivity contribution < 1.29 is 13.9 Å². The van der Waals surface area contributed by atoms with Crippen molar-refractivity contribution in [3.8, 4) is 11.5 Å². The summed E-state index contributed by atoms with van der Waals surface area (Å²) < 4.78 is 24.7. The Bertz CT molecular complexity index is 836. The van der Waals surface area contributed by atoms with Crippen molar-refractivity contribution in [2.45, 2.75) is 13.0 Å². The molecule has 0 amide bonds. The summed E-state index contributed by atoms with van der Waals surface area (Å²) in [7, 11) is 2.98. The van der Waals surface area contributed by atoms with Gasteiger partial charge in [-0.05, 0) is 13.0 Å². The second-order valence-electron chi connectivity index (χ2n) is 4.95. The smallest absolute Gasteiger partial charge is 0.163 e. The molecule has 0 spiro atoms. The number of aromatic amines is 1. The summed E-state index contributed by atoms with van der Waals surface area (Å²) in [5.74, 6) is 1.000. The molecule has 0 saturated heterocycles. The average molecular weight is 317 g/mol. The molecule has 8 heteroatoms. The van der Waals surface area contributed by atoms with Gasteiger partial charge in [0.2, 0.25) is 0 Å². The molecule has 0 aliphatic carbocycles. The number of anilines is 1. The Hall–Kier alpha value is -2.90. The monoisotopic (exact) mass is 317 g/mol. The van der Waals surface area contributed by atoms with E-state index in [9.17, 15) is 4.39 Å². The summed E-state index contributed by atoms with van der Waals surface area (Å²) in [5.41, 5.74) is 1.06. The van der Waals surface area contributed by atoms with Crippen LogP contribution in [0.5, 0.6) is 11.5 Å². The Kier molecular flexibility index (Phi) is 3.96. The minimum atomic E-state index is -0.389. The first kappa shape index (κ1) is 15.0. The van der Waals surface area contributed by atoms with Gasteiger partial charge in [-0.25, -0.2) is 14.4 Å². The molecule has 0 bridgehead atoms. The quantitative estimate of drug-likeness (QED) is 0.752. The van der Waals surface area contributed by atoms with Crippen LogP contribution in [0.1, 0.15) is 18.5 Å². The fraction of sp³-hybridized carbons (Fsp3) is 0.267. The van der Waals surface area contributed by atoms with Crippen molar-refractivity contribution >= 4 is 16.9 Å². The van der Waals surface area contributed by atoms with Crippen LogP contribution in [0.15, 0.2) is 24.7 Å². The maximum absolute atomic E-state index is 14.3. The third-order valence-corrected chi connectivity index (χ3v) is 3.57. The van der Waals surface area contributed by atoms with E-state index in [1.807, 2.05) is 6.92 Å². The lowest BCUT2D eigenvalue weighted by atomic mass is 10.1. The molecule has 1 aromatic carbocycles. The van der Waals surface area contributed by atoms with Crippen molar-refractivity contribution in [3.05, 3.63) is 36.0 Å². The number of hydrogen-bond donors (Lipinski definition) is 2. The first-order valence-corrected chi connectivity index (χ1v) is 6.96. The van der Waals surface area contributed by atoms with E-state index in [0.717, 1.165) is 5.39 Å². The highest BCUT2D eigenvalue weighted by Crippen LogP contribution is 2.33. The molecule has 3 rings (SSSR count). The van der Waals surface area contributed by atoms with Gasteiger partial charge >= 0.3 is 0 Å². The molecule has 2 aromatic heterocycles. The molecule has 0 fully saturated rings. The molecular weight excluding hydrogens is 301 g/mol. The zero-order valence-electron chi connectivity index (χ0n) is 12.9. The summed E-state index contributed by atoms with van der Waals surface area (Å²) >= 11 is 0. The molecule has 1 atom stereocenters. The third-order valence-electron chi connectivity index (χ3n) is 3.57. The normalized spacial score (nSPS) is 12.2. The van der Waals surface area contributed by atoms with E-state index >= 15 is 0 Å². The fourth-order valence-corrected chi connectivity index (χ4v) is 2.36. The lowest BCUT2D eigenvalue weighted by Crippen LogP contribution is -2.11. The van der Waals surface area contributed by atoms with Gasteiger partial charge in [0.25, 0.3) is 0 Å². The Morgan fingerprint density at radius 2 is 1.91 bits per heavy atom. The van der Waals surface area contributed by atoms with Crippen LogP contribution < -0.4 is 14.8 Å². The van der Waals surface area contributed by atoms with E-state index in [-0.39, 0.29) is 11.9 Å². The first-order valence-electron chi connectivity index (χ1n) is 6.96. The lowest BCUT2D eigenvalue weighted by Gasteiger charge is -2.18. The van der Waals surface area contributed by atoms with Gasteiger partial charge in [0.05, 0.1) is 31.8 Å². The maximum atomic E-state index is 14.3. The number of benzene rings is 1. The Labute approximate surface area is 131 Å². The van der Waals surface area contributed by atoms with Crippen LogP contribution in [-0.4, -0.2) is 34.4 Å². The lowest BCUT2D eigenvalue weighted by molar-refractivity contribution is 0.351. The van der Waals surface area contributed by atoms with Gasteiger partial charge in [-0.2, -0.15) is 5.10 Å². The van der Waals surface area contributed by atoms with Crippen LogP contribution in [0, 0.1) is 5.82 Å². The molecule has 0 aliphatic heterocycles. The summed E-state index contributed by atoms with van der Waals surface area (Å²) in [6.45, 7) is 1.83. The van der Waals surface area contributed by atoms with Crippen molar-refractivity contribution in [3.63, 3.8) is 0 Å². The highest BCUT2D eigenvalue weighted by atomic mass is 19.1.